The average Bonchev–Trinajstić information content (AvgIpc) is 3.28. The number of carboxylic acid groups (broad SMARTS) is 1. The van der Waals surface area contributed by atoms with Crippen molar-refractivity contribution in [2.75, 3.05) is 101 Å². The summed E-state index contributed by atoms with van der Waals surface area (Å²) in [5, 5.41) is 30.3. The van der Waals surface area contributed by atoms with E-state index in [1.165, 1.54) is 53.4 Å². The number of nitro benzene ring substituents is 2. The second-order valence-electron chi connectivity index (χ2n) is 8.36. The van der Waals surface area contributed by atoms with Gasteiger partial charge in [-0.1, -0.05) is 0 Å². The van der Waals surface area contributed by atoms with Crippen molar-refractivity contribution in [2.24, 2.45) is 0 Å². The number of carbonyl (C=O) groups is 5. The molecule has 3 rings (SSSR count). The molecule has 1 amide bonds. The molecule has 1 heterocycles. The predicted molar refractivity (Wildman–Crippen MR) is 214 cm³/mol. The lowest BCUT2D eigenvalue weighted by molar-refractivity contribution is -0.385. The van der Waals surface area contributed by atoms with Gasteiger partial charge in [-0.25, -0.2) is 4.79 Å². The summed E-state index contributed by atoms with van der Waals surface area (Å²) < 4.78 is 102. The number of amides is 1. The van der Waals surface area contributed by atoms with Gasteiger partial charge in [0, 0.05) is 70.8 Å². The van der Waals surface area contributed by atoms with Gasteiger partial charge < -0.3 is 44.5 Å². The normalized spacial score (nSPS) is 15.6. The maximum atomic E-state index is 11.8. The Morgan fingerprint density at radius 1 is 0.912 bits per heavy atom. The number of hydrogen-bond acceptors (Lipinski definition) is 17. The Hall–Kier alpha value is -4.12. The lowest BCUT2D eigenvalue weighted by atomic mass is 10.2. The zero-order valence-electron chi connectivity index (χ0n) is 41.7. The highest BCUT2D eigenvalue weighted by Crippen LogP contribution is 2.20. The first kappa shape index (κ1) is 38.4. The van der Waals surface area contributed by atoms with E-state index < -0.39 is 71.3 Å². The molecule has 2 aromatic rings. The Morgan fingerprint density at radius 2 is 1.39 bits per heavy atom. The quantitative estimate of drug-likeness (QED) is 0.0631. The molecule has 20 nitrogen and oxygen atoms in total. The number of nitro groups is 2. The van der Waals surface area contributed by atoms with E-state index in [9.17, 15) is 44.2 Å². The number of rotatable bonds is 13. The molecule has 25 heteroatoms. The molecule has 0 radical (unpaired) electrons. The number of nitrogen functional groups attached to an aromatic ring is 1. The van der Waals surface area contributed by atoms with E-state index in [2.05, 4.69) is 24.1 Å². The molecule has 324 valence electrons. The molecule has 0 aromatic heterocycles. The van der Waals surface area contributed by atoms with Gasteiger partial charge in [-0.05, 0) is 35.9 Å². The van der Waals surface area contributed by atoms with E-state index in [4.69, 9.17) is 90.1 Å². The molecule has 2 aromatic carbocycles. The minimum atomic E-state index is -2.79. The molecular formula is C32H45Cl5N4O16. The number of morpholine rings is 1. The fourth-order valence-electron chi connectivity index (χ4n) is 2.38. The number of aliphatic hydroxyl groups excluding tert-OH is 1. The fourth-order valence-corrected chi connectivity index (χ4v) is 2.66. The summed E-state index contributed by atoms with van der Waals surface area (Å²) in [5.41, 5.74) is 6.23. The molecule has 0 spiro atoms. The van der Waals surface area contributed by atoms with Crippen LogP contribution >= 0.6 is 58.0 Å². The molecule has 0 bridgehead atoms. The van der Waals surface area contributed by atoms with Gasteiger partial charge in [-0.3, -0.25) is 39.4 Å². The van der Waals surface area contributed by atoms with Gasteiger partial charge in [0.1, 0.15) is 25.5 Å². The molecule has 4 N–H and O–H groups in total. The third-order valence-electron chi connectivity index (χ3n) is 4.50. The number of carboxylic acids is 1. The van der Waals surface area contributed by atoms with Gasteiger partial charge in [0.2, 0.25) is 5.24 Å². The van der Waals surface area contributed by atoms with E-state index >= 15 is 0 Å². The summed E-state index contributed by atoms with van der Waals surface area (Å²) in [4.78, 5) is 73.3. The number of aliphatic hydroxyl groups is 1. The van der Waals surface area contributed by atoms with Crippen LogP contribution < -0.4 is 10.6 Å². The highest BCUT2D eigenvalue weighted by atomic mass is 35.5. The number of nitrogens with two attached hydrogens (primary N) is 1. The first-order valence-electron chi connectivity index (χ1n) is 20.5. The SMILES string of the molecule is Nc1ccc([N+](=O)[O-])cc1.OCCCl.[2H]C([2H])(Cl)C(=O)OC.[2H]C([2H])(OCCCl)C(=O)Cl.[2H]C([2H])(OCCCl)C(=O)OC.[2H]C1([2H])OCCN(c2ccc([N+](=O)[O-])cc2)C1=O.[2H]OC(=O)C([2H])([2H])[2H]. The highest BCUT2D eigenvalue weighted by Gasteiger charge is 2.20. The second kappa shape index (κ2) is 41.5. The first-order valence-corrected chi connectivity index (χ1v) is 16.9. The Kier molecular flexibility index (Phi) is 28.0. The van der Waals surface area contributed by atoms with Crippen LogP contribution in [0.1, 0.15) is 21.9 Å². The van der Waals surface area contributed by atoms with Crippen LogP contribution in [0.25, 0.3) is 1.43 Å². The van der Waals surface area contributed by atoms with Crippen LogP contribution in [0.5, 0.6) is 0 Å². The van der Waals surface area contributed by atoms with Crippen LogP contribution in [-0.2, 0) is 47.7 Å². The van der Waals surface area contributed by atoms with Crippen molar-refractivity contribution >= 4 is 110 Å². The Balaban J connectivity index is -0.000000371. The second-order valence-corrected chi connectivity index (χ2v) is 10.0. The van der Waals surface area contributed by atoms with Crippen molar-refractivity contribution in [1.82, 2.24) is 0 Å². The topological polar surface area (TPSA) is 287 Å². The molecule has 1 saturated heterocycles. The summed E-state index contributed by atoms with van der Waals surface area (Å²) in [6.07, 6.45) is 0. The number of halogens is 5. The highest BCUT2D eigenvalue weighted by molar-refractivity contribution is 6.63. The minimum absolute atomic E-state index is 0.0242. The number of nitrogens with zero attached hydrogens (tertiary/aromatic N) is 3. The Morgan fingerprint density at radius 3 is 1.72 bits per heavy atom. The maximum Gasteiger partial charge on any atom is 0.331 e. The smallest absolute Gasteiger partial charge is 0.331 e. The van der Waals surface area contributed by atoms with Crippen LogP contribution in [0.15, 0.2) is 48.5 Å². The maximum absolute atomic E-state index is 11.8. The number of ether oxygens (including phenoxy) is 5. The fraction of sp³-hybridized carbons (Fsp3) is 0.469. The zero-order chi connectivity index (χ0) is 55.0. The van der Waals surface area contributed by atoms with E-state index in [1.54, 1.807) is 0 Å². The van der Waals surface area contributed by atoms with Gasteiger partial charge in [0.05, 0.1) is 61.5 Å². The van der Waals surface area contributed by atoms with Gasteiger partial charge in [0.25, 0.3) is 24.7 Å². The predicted octanol–water partition coefficient (Wildman–Crippen LogP) is 4.26. The van der Waals surface area contributed by atoms with Gasteiger partial charge in [-0.15, -0.1) is 46.4 Å². The van der Waals surface area contributed by atoms with Crippen molar-refractivity contribution in [3.05, 3.63) is 68.8 Å². The van der Waals surface area contributed by atoms with Crippen molar-refractivity contribution in [3.8, 4) is 0 Å². The lowest BCUT2D eigenvalue weighted by Crippen LogP contribution is -2.41. The van der Waals surface area contributed by atoms with Crippen LogP contribution in [0.3, 0.4) is 0 Å². The lowest BCUT2D eigenvalue weighted by Gasteiger charge is -2.26. The third kappa shape index (κ3) is 41.3. The molecule has 1 aliphatic rings. The molecule has 0 aliphatic carbocycles. The largest absolute Gasteiger partial charge is 0.481 e. The molecule has 57 heavy (non-hydrogen) atoms. The summed E-state index contributed by atoms with van der Waals surface area (Å²) in [6, 6.07) is 11.1. The number of methoxy groups -OCH3 is 2. The van der Waals surface area contributed by atoms with Crippen LogP contribution in [0, 0.1) is 20.2 Å². The number of aliphatic carboxylic acids is 1. The molecule has 0 atom stereocenters. The van der Waals surface area contributed by atoms with Crippen molar-refractivity contribution in [2.45, 2.75) is 6.85 Å². The minimum Gasteiger partial charge on any atom is -0.481 e. The molecular weight excluding hydrogens is 874 g/mol. The Labute approximate surface area is 370 Å². The molecule has 0 unspecified atom stereocenters. The monoisotopic (exact) mass is 928 g/mol. The van der Waals surface area contributed by atoms with Crippen molar-refractivity contribution in [1.29, 1.82) is 1.43 Å². The average molecular weight is 931 g/mol. The van der Waals surface area contributed by atoms with E-state index in [-0.39, 0.29) is 56.1 Å². The summed E-state index contributed by atoms with van der Waals surface area (Å²) in [7, 11) is 2.16. The van der Waals surface area contributed by atoms with E-state index in [0.717, 1.165) is 14.2 Å². The molecule has 1 fully saturated rings. The number of alkyl halides is 4. The third-order valence-corrected chi connectivity index (χ3v) is 5.21. The van der Waals surface area contributed by atoms with Crippen LogP contribution in [-0.4, -0.2) is 139 Å². The summed E-state index contributed by atoms with van der Waals surface area (Å²) >= 11 is 25.0. The van der Waals surface area contributed by atoms with Crippen LogP contribution in [0.4, 0.5) is 22.7 Å². The number of non-ortho nitro benzene ring substituents is 2. The number of esters is 2. The van der Waals surface area contributed by atoms with Crippen molar-refractivity contribution < 1.29 is 82.8 Å². The van der Waals surface area contributed by atoms with Crippen LogP contribution in [0.2, 0.25) is 0 Å². The van der Waals surface area contributed by atoms with Gasteiger partial charge in [-0.2, -0.15) is 0 Å². The van der Waals surface area contributed by atoms with Gasteiger partial charge >= 0.3 is 11.9 Å². The number of hydrogen-bond donors (Lipinski definition) is 3. The standard InChI is InChI=1S/C10H10N2O4.C6H6N2O2.C5H9ClO3.C4H6Cl2O2.C3H5ClO2.C2H5ClO.C2H4O2/c13-10-7-16-6-5-11(10)8-1-3-9(4-2-8)12(14)15;7-5-1-3-6(4-2-5)8(9)10;1-8-5(7)4-9-3-2-6;5-1-2-8-3-4(6)7;1-6-3(5)2-4;3-1-2-4;1-2(3)4/h1-4H,5-7H2;1-4H,7H2;2-4H2,1H3;1-3H2;2H2,1H3;4H,1-2H2;1H3,(H,3,4)/i7D2;;4D2;3D2;2D2;;1D3/hD. The van der Waals surface area contributed by atoms with E-state index in [0.29, 0.717) is 17.3 Å². The number of carbonyl (C=O) groups excluding carboxylic acids is 4. The molecule has 0 saturated carbocycles. The first-order chi connectivity index (χ1) is 31.5. The molecule has 1 aliphatic heterocycles. The number of anilines is 2. The van der Waals surface area contributed by atoms with Gasteiger partial charge in [0.15, 0.2) is 0 Å². The van der Waals surface area contributed by atoms with E-state index in [1.807, 2.05) is 0 Å². The van der Waals surface area contributed by atoms with Crippen molar-refractivity contribution in [3.63, 3.8) is 0 Å². The zero-order valence-corrected chi connectivity index (χ0v) is 33.4. The Bertz CT molecular complexity index is 1850. The number of benzene rings is 2. The summed E-state index contributed by atoms with van der Waals surface area (Å²) in [5.74, 6) is -6.20. The summed E-state index contributed by atoms with van der Waals surface area (Å²) in [6.45, 7) is -9.61.